The Morgan fingerprint density at radius 3 is 2.45 bits per heavy atom. The Balaban J connectivity index is 2.68. The van der Waals surface area contributed by atoms with Gasteiger partial charge in [0.15, 0.2) is 9.84 Å². The molecule has 8 nitrogen and oxygen atoms in total. The smallest absolute Gasteiger partial charge is 0.330 e. The van der Waals surface area contributed by atoms with Crippen molar-refractivity contribution >= 4 is 30.7 Å². The molecule has 0 aliphatic carbocycles. The van der Waals surface area contributed by atoms with Crippen LogP contribution in [0.3, 0.4) is 0 Å². The number of aromatic nitrogens is 2. The van der Waals surface area contributed by atoms with Gasteiger partial charge in [-0.2, -0.15) is 0 Å². The Morgan fingerprint density at radius 2 is 2.00 bits per heavy atom. The maximum absolute atomic E-state index is 12.0. The minimum absolute atomic E-state index is 0.513. The molecule has 0 bridgehead atoms. The fraction of sp³-hybridized carbons (Fsp3) is 0.667. The standard InChI is InChI=1S/C12H19IN2O6Si/c1-22(2,3)12(20)9(21-7(6-16)11(12,13)19)15-5-4-8(17)14-10(15)18/h4-5,7,9,16,19-20H,6H2,1-3H3,(H,14,17,18)/t7-,9-,11-,12-/m1/s1. The van der Waals surface area contributed by atoms with E-state index in [1.54, 1.807) is 22.6 Å². The molecule has 0 amide bonds. The van der Waals surface area contributed by atoms with Gasteiger partial charge in [0, 0.05) is 12.3 Å². The monoisotopic (exact) mass is 442 g/mol. The molecule has 0 aromatic carbocycles. The maximum atomic E-state index is 12.0. The lowest BCUT2D eigenvalue weighted by Gasteiger charge is -2.45. The van der Waals surface area contributed by atoms with Gasteiger partial charge in [0.25, 0.3) is 5.56 Å². The molecule has 1 fully saturated rings. The van der Waals surface area contributed by atoms with Crippen LogP contribution in [-0.2, 0) is 4.74 Å². The van der Waals surface area contributed by atoms with E-state index in [1.807, 2.05) is 19.6 Å². The number of nitrogens with one attached hydrogen (secondary N) is 1. The molecule has 1 aromatic heterocycles. The number of H-pyrrole nitrogens is 1. The number of alkyl halides is 1. The normalized spacial score (nSPS) is 35.8. The molecular weight excluding hydrogens is 423 g/mol. The van der Waals surface area contributed by atoms with Gasteiger partial charge < -0.3 is 20.1 Å². The summed E-state index contributed by atoms with van der Waals surface area (Å²) >= 11 is 1.66. The van der Waals surface area contributed by atoms with Crippen LogP contribution in [0.4, 0.5) is 0 Å². The summed E-state index contributed by atoms with van der Waals surface area (Å²) in [4.78, 5) is 25.3. The van der Waals surface area contributed by atoms with Gasteiger partial charge >= 0.3 is 5.69 Å². The molecule has 4 N–H and O–H groups in total. The van der Waals surface area contributed by atoms with E-state index in [-0.39, 0.29) is 0 Å². The zero-order chi connectivity index (χ0) is 16.9. The Kier molecular flexibility index (Phi) is 4.47. The van der Waals surface area contributed by atoms with Crippen molar-refractivity contribution in [1.29, 1.82) is 0 Å². The van der Waals surface area contributed by atoms with Crippen molar-refractivity contribution < 1.29 is 20.1 Å². The maximum Gasteiger partial charge on any atom is 0.330 e. The number of aliphatic hydroxyl groups excluding tert-OH is 1. The predicted octanol–water partition coefficient (Wildman–Crippen LogP) is -0.842. The second-order valence-electron chi connectivity index (χ2n) is 6.37. The van der Waals surface area contributed by atoms with Gasteiger partial charge in [-0.3, -0.25) is 14.3 Å². The number of ether oxygens (including phenoxy) is 1. The highest BCUT2D eigenvalue weighted by atomic mass is 127. The van der Waals surface area contributed by atoms with Crippen molar-refractivity contribution in [3.8, 4) is 0 Å². The fourth-order valence-electron chi connectivity index (χ4n) is 2.70. The average molecular weight is 442 g/mol. The summed E-state index contributed by atoms with van der Waals surface area (Å²) in [6, 6.07) is 1.13. The molecule has 1 aromatic rings. The molecule has 0 spiro atoms. The molecule has 1 aliphatic rings. The number of aliphatic hydroxyl groups is 3. The molecule has 2 rings (SSSR count). The number of hydrogen-bond donors (Lipinski definition) is 4. The molecule has 2 heterocycles. The van der Waals surface area contributed by atoms with Crippen LogP contribution in [-0.4, -0.2) is 54.5 Å². The first-order chi connectivity index (χ1) is 9.96. The van der Waals surface area contributed by atoms with Gasteiger partial charge in [-0.1, -0.05) is 19.6 Å². The van der Waals surface area contributed by atoms with E-state index < -0.39 is 47.1 Å². The van der Waals surface area contributed by atoms with Gasteiger partial charge in [0.1, 0.15) is 11.3 Å². The number of aromatic amines is 1. The van der Waals surface area contributed by atoms with Gasteiger partial charge in [0.2, 0.25) is 0 Å². The summed E-state index contributed by atoms with van der Waals surface area (Å²) in [5.41, 5.74) is -1.32. The molecule has 124 valence electrons. The van der Waals surface area contributed by atoms with Crippen molar-refractivity contribution in [2.45, 2.75) is 40.8 Å². The number of halogens is 1. The number of hydrogen-bond acceptors (Lipinski definition) is 6. The largest absolute Gasteiger partial charge is 0.394 e. The van der Waals surface area contributed by atoms with Crippen LogP contribution in [0.5, 0.6) is 0 Å². The van der Waals surface area contributed by atoms with Gasteiger partial charge in [-0.25, -0.2) is 4.79 Å². The van der Waals surface area contributed by atoms with Gasteiger partial charge in [0.05, 0.1) is 14.7 Å². The molecular formula is C12H19IN2O6Si. The minimum atomic E-state index is -2.51. The molecule has 0 saturated carbocycles. The van der Waals surface area contributed by atoms with E-state index in [4.69, 9.17) is 4.74 Å². The fourth-order valence-corrected chi connectivity index (χ4v) is 7.90. The molecule has 1 saturated heterocycles. The van der Waals surface area contributed by atoms with Crippen LogP contribution < -0.4 is 11.2 Å². The molecule has 4 atom stereocenters. The second kappa shape index (κ2) is 5.53. The lowest BCUT2D eigenvalue weighted by Crippen LogP contribution is -2.67. The highest BCUT2D eigenvalue weighted by molar-refractivity contribution is 14.1. The third-order valence-electron chi connectivity index (χ3n) is 4.02. The summed E-state index contributed by atoms with van der Waals surface area (Å²) in [5, 5.41) is 29.8. The SMILES string of the molecule is C[Si](C)(C)[C@]1(O)[C@H](n2ccc(=O)[nH]c2=O)O[C@H](CO)[C@]1(O)I. The number of nitrogens with zero attached hydrogens (tertiary/aromatic N) is 1. The molecule has 10 heteroatoms. The van der Waals surface area contributed by atoms with Crippen LogP contribution >= 0.6 is 22.6 Å². The third kappa shape index (κ3) is 2.41. The zero-order valence-electron chi connectivity index (χ0n) is 12.4. The first kappa shape index (κ1) is 17.8. The lowest BCUT2D eigenvalue weighted by molar-refractivity contribution is -0.0706. The van der Waals surface area contributed by atoms with Gasteiger partial charge in [-0.15, -0.1) is 0 Å². The van der Waals surface area contributed by atoms with E-state index in [2.05, 4.69) is 4.98 Å². The first-order valence-corrected chi connectivity index (χ1v) is 11.3. The molecule has 0 radical (unpaired) electrons. The van der Waals surface area contributed by atoms with Crippen molar-refractivity contribution in [2.24, 2.45) is 0 Å². The van der Waals surface area contributed by atoms with E-state index in [0.29, 0.717) is 0 Å². The van der Waals surface area contributed by atoms with Crippen LogP contribution in [0, 0.1) is 0 Å². The van der Waals surface area contributed by atoms with E-state index in [9.17, 15) is 24.9 Å². The van der Waals surface area contributed by atoms with Crippen molar-refractivity contribution in [3.05, 3.63) is 33.1 Å². The predicted molar refractivity (Wildman–Crippen MR) is 89.6 cm³/mol. The van der Waals surface area contributed by atoms with Crippen molar-refractivity contribution in [2.75, 3.05) is 6.61 Å². The van der Waals surface area contributed by atoms with Crippen molar-refractivity contribution in [3.63, 3.8) is 0 Å². The van der Waals surface area contributed by atoms with Gasteiger partial charge in [-0.05, 0) is 22.6 Å². The Bertz CT molecular complexity index is 681. The van der Waals surface area contributed by atoms with Crippen molar-refractivity contribution in [1.82, 2.24) is 9.55 Å². The van der Waals surface area contributed by atoms with E-state index >= 15 is 0 Å². The Labute approximate surface area is 140 Å². The van der Waals surface area contributed by atoms with Crippen LogP contribution in [0.25, 0.3) is 0 Å². The zero-order valence-corrected chi connectivity index (χ0v) is 15.6. The summed E-state index contributed by atoms with van der Waals surface area (Å²) in [7, 11) is -2.51. The highest BCUT2D eigenvalue weighted by Gasteiger charge is 2.70. The van der Waals surface area contributed by atoms with Crippen LogP contribution in [0.2, 0.25) is 19.6 Å². The molecule has 0 unspecified atom stereocenters. The summed E-state index contributed by atoms with van der Waals surface area (Å²) in [6.45, 7) is 4.96. The Hall–Kier alpha value is -0.533. The lowest BCUT2D eigenvalue weighted by atomic mass is 10.1. The third-order valence-corrected chi connectivity index (χ3v) is 8.97. The molecule has 1 aliphatic heterocycles. The highest BCUT2D eigenvalue weighted by Crippen LogP contribution is 2.53. The molecule has 22 heavy (non-hydrogen) atoms. The van der Waals surface area contributed by atoms with E-state index in [0.717, 1.165) is 10.6 Å². The summed E-state index contributed by atoms with van der Waals surface area (Å²) < 4.78 is 4.86. The summed E-state index contributed by atoms with van der Waals surface area (Å²) in [6.07, 6.45) is -1.06. The van der Waals surface area contributed by atoms with Crippen LogP contribution in [0.1, 0.15) is 6.23 Å². The quantitative estimate of drug-likeness (QED) is 0.275. The topological polar surface area (TPSA) is 125 Å². The van der Waals surface area contributed by atoms with Crippen LogP contribution in [0.15, 0.2) is 21.9 Å². The Morgan fingerprint density at radius 1 is 1.41 bits per heavy atom. The summed E-state index contributed by atoms with van der Waals surface area (Å²) in [5.74, 6) is 0. The number of rotatable bonds is 3. The first-order valence-electron chi connectivity index (χ1n) is 6.68. The minimum Gasteiger partial charge on any atom is -0.394 e. The second-order valence-corrected chi connectivity index (χ2v) is 13.3. The average Bonchev–Trinajstić information content (AvgIpc) is 2.58. The van der Waals surface area contributed by atoms with E-state index in [1.165, 1.54) is 6.20 Å².